The first-order chi connectivity index (χ1) is 34.2. The Labute approximate surface area is 432 Å². The molecule has 72 heavy (non-hydrogen) atoms. The molecule has 3 N–H and O–H groups in total. The molecule has 1 saturated heterocycles. The molecule has 1 aliphatic rings. The minimum Gasteiger partial charge on any atom is -0.388 e. The SMILES string of the molecule is CC[C@H](C)[C@@H]([C@@H](CC(=O)N1CCC[C@H]1[C@H](OC)[C@@H](C)C(=O)C[C@H](C)[C@@H](O)c1ccccc1)OC)N(C)C(=O)[C@@H](CC(=O)C(C(C)C)N(C)C(=O)COCCOCCCC(=O)CCCCCC(=O)CN)C(C)C. The first-order valence-corrected chi connectivity index (χ1v) is 26.7. The Kier molecular flexibility index (Phi) is 30.1. The van der Waals surface area contributed by atoms with Crippen LogP contribution in [0.1, 0.15) is 151 Å². The lowest BCUT2D eigenvalue weighted by molar-refractivity contribution is -0.150. The number of likely N-dealkylation sites (tertiary alicyclic amines) is 1. The molecule has 2 rings (SSSR count). The number of hydrogen-bond acceptors (Lipinski definition) is 13. The van der Waals surface area contributed by atoms with Gasteiger partial charge in [0.1, 0.15) is 24.0 Å². The van der Waals surface area contributed by atoms with Crippen molar-refractivity contribution in [2.24, 2.45) is 41.2 Å². The zero-order chi connectivity index (χ0) is 54.1. The van der Waals surface area contributed by atoms with Crippen molar-refractivity contribution in [2.75, 3.05) is 67.8 Å². The topological polar surface area (TPSA) is 212 Å². The molecule has 410 valence electrons. The van der Waals surface area contributed by atoms with Gasteiger partial charge in [-0.3, -0.25) is 33.6 Å². The molecule has 3 amide bonds. The second-order valence-corrected chi connectivity index (χ2v) is 20.9. The number of aliphatic hydroxyl groups is 1. The molecule has 1 heterocycles. The molecule has 0 aliphatic carbocycles. The van der Waals surface area contributed by atoms with Crippen LogP contribution in [-0.2, 0) is 52.5 Å². The van der Waals surface area contributed by atoms with Crippen LogP contribution in [0.3, 0.4) is 0 Å². The van der Waals surface area contributed by atoms with Crippen molar-refractivity contribution < 1.29 is 57.6 Å². The lowest BCUT2D eigenvalue weighted by Crippen LogP contribution is -2.54. The van der Waals surface area contributed by atoms with E-state index in [0.717, 1.165) is 31.2 Å². The average Bonchev–Trinajstić information content (AvgIpc) is 3.85. The molecule has 1 fully saturated rings. The molecule has 16 nitrogen and oxygen atoms in total. The summed E-state index contributed by atoms with van der Waals surface area (Å²) in [5.74, 6) is -2.99. The van der Waals surface area contributed by atoms with Crippen molar-refractivity contribution in [1.29, 1.82) is 0 Å². The Bertz CT molecular complexity index is 1810. The highest BCUT2D eigenvalue weighted by Gasteiger charge is 2.43. The number of carbonyl (C=O) groups excluding carboxylic acids is 7. The number of hydrogen-bond donors (Lipinski definition) is 2. The third kappa shape index (κ3) is 20.4. The number of nitrogens with two attached hydrogens (primary N) is 1. The molecule has 0 bridgehead atoms. The van der Waals surface area contributed by atoms with Crippen LogP contribution in [0.2, 0.25) is 0 Å². The summed E-state index contributed by atoms with van der Waals surface area (Å²) >= 11 is 0. The predicted molar refractivity (Wildman–Crippen MR) is 279 cm³/mol. The number of ketones is 4. The van der Waals surface area contributed by atoms with E-state index in [1.54, 1.807) is 38.1 Å². The Balaban J connectivity index is 2.05. The molecule has 16 heteroatoms. The second-order valence-electron chi connectivity index (χ2n) is 20.9. The highest BCUT2D eigenvalue weighted by molar-refractivity contribution is 5.93. The number of aliphatic hydroxyl groups excluding tert-OH is 1. The molecule has 10 atom stereocenters. The summed E-state index contributed by atoms with van der Waals surface area (Å²) in [5.41, 5.74) is 6.08. The Hall–Kier alpha value is -3.93. The third-order valence-electron chi connectivity index (χ3n) is 14.9. The van der Waals surface area contributed by atoms with Crippen molar-refractivity contribution in [3.05, 3.63) is 35.9 Å². The highest BCUT2D eigenvalue weighted by Crippen LogP contribution is 2.33. The number of likely N-dealkylation sites (N-methyl/N-ethyl adjacent to an activating group) is 2. The second kappa shape index (κ2) is 33.8. The molecular formula is C56H94N4O12. The number of unbranched alkanes of at least 4 members (excludes halogenated alkanes) is 2. The minimum atomic E-state index is -0.802. The summed E-state index contributed by atoms with van der Waals surface area (Å²) in [6, 6.07) is 7.62. The van der Waals surface area contributed by atoms with E-state index in [1.807, 2.05) is 85.7 Å². The molecule has 0 spiro atoms. The first kappa shape index (κ1) is 64.2. The van der Waals surface area contributed by atoms with Crippen LogP contribution < -0.4 is 5.73 Å². The van der Waals surface area contributed by atoms with Crippen molar-refractivity contribution in [1.82, 2.24) is 14.7 Å². The van der Waals surface area contributed by atoms with Crippen LogP contribution in [0.15, 0.2) is 30.3 Å². The molecule has 1 aromatic rings. The minimum absolute atomic E-state index is 0.00949. The van der Waals surface area contributed by atoms with Crippen LogP contribution in [-0.4, -0.2) is 159 Å². The van der Waals surface area contributed by atoms with Crippen LogP contribution in [0.4, 0.5) is 0 Å². The molecule has 0 radical (unpaired) electrons. The quantitative estimate of drug-likeness (QED) is 0.0653. The Morgan fingerprint density at radius 1 is 0.736 bits per heavy atom. The van der Waals surface area contributed by atoms with E-state index >= 15 is 0 Å². The van der Waals surface area contributed by atoms with Gasteiger partial charge in [0.25, 0.3) is 0 Å². The van der Waals surface area contributed by atoms with Gasteiger partial charge in [0, 0.05) is 85.4 Å². The molecule has 1 aliphatic heterocycles. The summed E-state index contributed by atoms with van der Waals surface area (Å²) < 4.78 is 23.3. The monoisotopic (exact) mass is 1010 g/mol. The summed E-state index contributed by atoms with van der Waals surface area (Å²) in [7, 11) is 6.41. The van der Waals surface area contributed by atoms with Crippen LogP contribution in [0.5, 0.6) is 0 Å². The van der Waals surface area contributed by atoms with E-state index in [1.165, 1.54) is 4.90 Å². The molecule has 1 aromatic carbocycles. The maximum absolute atomic E-state index is 14.7. The van der Waals surface area contributed by atoms with Gasteiger partial charge < -0.3 is 44.5 Å². The lowest BCUT2D eigenvalue weighted by Gasteiger charge is -2.41. The van der Waals surface area contributed by atoms with Crippen molar-refractivity contribution in [3.63, 3.8) is 0 Å². The van der Waals surface area contributed by atoms with Gasteiger partial charge in [-0.15, -0.1) is 0 Å². The number of rotatable bonds is 38. The fourth-order valence-electron chi connectivity index (χ4n) is 10.2. The summed E-state index contributed by atoms with van der Waals surface area (Å²) in [6.45, 7) is 16.4. The Morgan fingerprint density at radius 3 is 1.94 bits per heavy atom. The number of carbonyl (C=O) groups is 7. The molecule has 1 unspecified atom stereocenters. The summed E-state index contributed by atoms with van der Waals surface area (Å²) in [5, 5.41) is 11.0. The molecule has 0 aromatic heterocycles. The zero-order valence-electron chi connectivity index (χ0n) is 46.1. The number of ether oxygens (including phenoxy) is 4. The van der Waals surface area contributed by atoms with Gasteiger partial charge in [0.05, 0.1) is 62.6 Å². The molecular weight excluding hydrogens is 921 g/mol. The summed E-state index contributed by atoms with van der Waals surface area (Å²) in [4.78, 5) is 98.7. The van der Waals surface area contributed by atoms with Gasteiger partial charge in [-0.05, 0) is 61.3 Å². The van der Waals surface area contributed by atoms with E-state index in [-0.39, 0.29) is 116 Å². The largest absolute Gasteiger partial charge is 0.388 e. The zero-order valence-corrected chi connectivity index (χ0v) is 46.1. The maximum atomic E-state index is 14.7. The van der Waals surface area contributed by atoms with Crippen LogP contribution >= 0.6 is 0 Å². The number of benzene rings is 1. The van der Waals surface area contributed by atoms with Gasteiger partial charge in [-0.25, -0.2) is 0 Å². The normalized spacial score (nSPS) is 17.7. The van der Waals surface area contributed by atoms with Gasteiger partial charge in [-0.2, -0.15) is 0 Å². The Morgan fingerprint density at radius 2 is 1.36 bits per heavy atom. The fraction of sp³-hybridized carbons (Fsp3) is 0.768. The van der Waals surface area contributed by atoms with Crippen LogP contribution in [0, 0.1) is 35.5 Å². The predicted octanol–water partition coefficient (Wildman–Crippen LogP) is 6.81. The number of amides is 3. The third-order valence-corrected chi connectivity index (χ3v) is 14.9. The van der Waals surface area contributed by atoms with Crippen LogP contribution in [0.25, 0.3) is 0 Å². The smallest absolute Gasteiger partial charge is 0.248 e. The number of methoxy groups -OCH3 is 2. The standard InChI is InChI=1S/C56H94N4O12/c1-13-39(6)53(49(69-11)34-50(65)60-28-20-27-46(60)55(70-12)41(8)47(63)32-40(7)54(67)42-22-16-14-17-23-42)59(10)56(68)45(37(2)3)33-48(64)52(38(4)5)58(9)51(66)36-72-31-30-71-29-21-26-43(61)24-18-15-19-25-44(62)35-57/h14,16-17,22-23,37-41,45-46,49,52-55,67H,13,15,18-21,24-36,57H2,1-12H3/t39-,40-,41-,45-,46-,49+,52?,53-,54+,55+/m0/s1. The fourth-order valence-corrected chi connectivity index (χ4v) is 10.2. The van der Waals surface area contributed by atoms with E-state index in [9.17, 15) is 38.7 Å². The lowest BCUT2D eigenvalue weighted by atomic mass is 9.83. The highest BCUT2D eigenvalue weighted by atomic mass is 16.5. The summed E-state index contributed by atoms with van der Waals surface area (Å²) in [6.07, 6.45) is 4.35. The average molecular weight is 1020 g/mol. The van der Waals surface area contributed by atoms with E-state index in [0.29, 0.717) is 51.7 Å². The van der Waals surface area contributed by atoms with Gasteiger partial charge in [0.2, 0.25) is 17.7 Å². The van der Waals surface area contributed by atoms with Crippen molar-refractivity contribution in [3.8, 4) is 0 Å². The number of nitrogens with zero attached hydrogens (tertiary/aromatic N) is 3. The van der Waals surface area contributed by atoms with E-state index < -0.39 is 42.2 Å². The molecule has 0 saturated carbocycles. The van der Waals surface area contributed by atoms with E-state index in [2.05, 4.69) is 0 Å². The first-order valence-electron chi connectivity index (χ1n) is 26.7. The number of Topliss-reactive ketones (excluding diaryl/α,β-unsaturated/α-hetero) is 4. The van der Waals surface area contributed by atoms with Crippen molar-refractivity contribution >= 4 is 40.9 Å². The van der Waals surface area contributed by atoms with Crippen molar-refractivity contribution in [2.45, 2.75) is 175 Å². The van der Waals surface area contributed by atoms with Gasteiger partial charge >= 0.3 is 0 Å². The van der Waals surface area contributed by atoms with E-state index in [4.69, 9.17) is 24.7 Å². The van der Waals surface area contributed by atoms with Gasteiger partial charge in [0.15, 0.2) is 5.78 Å². The maximum Gasteiger partial charge on any atom is 0.248 e. The van der Waals surface area contributed by atoms with Gasteiger partial charge in [-0.1, -0.05) is 98.6 Å².